The maximum absolute atomic E-state index is 12.4. The van der Waals surface area contributed by atoms with E-state index in [9.17, 15) is 9.59 Å². The molecule has 2 N–H and O–H groups in total. The van der Waals surface area contributed by atoms with Crippen LogP contribution in [0.2, 0.25) is 0 Å². The summed E-state index contributed by atoms with van der Waals surface area (Å²) in [6, 6.07) is 11.0. The fourth-order valence-electron chi connectivity index (χ4n) is 2.69. The van der Waals surface area contributed by atoms with Crippen molar-refractivity contribution >= 4 is 11.9 Å². The van der Waals surface area contributed by atoms with E-state index in [4.69, 9.17) is 9.47 Å². The summed E-state index contributed by atoms with van der Waals surface area (Å²) in [6.07, 6.45) is 2.06. The largest absolute Gasteiger partial charge is 0.487 e. The van der Waals surface area contributed by atoms with Gasteiger partial charge in [0, 0.05) is 0 Å². The molecule has 3 rings (SSSR count). The lowest BCUT2D eigenvalue weighted by atomic mass is 9.76. The van der Waals surface area contributed by atoms with Gasteiger partial charge >= 0.3 is 5.97 Å². The number of hydrogen-bond donors (Lipinski definition) is 2. The minimum Gasteiger partial charge on any atom is -0.487 e. The molecule has 0 saturated heterocycles. The van der Waals surface area contributed by atoms with Crippen molar-refractivity contribution in [3.63, 3.8) is 0 Å². The van der Waals surface area contributed by atoms with E-state index in [1.165, 1.54) is 0 Å². The smallest absolute Gasteiger partial charge is 0.331 e. The predicted molar refractivity (Wildman–Crippen MR) is 90.0 cm³/mol. The predicted octanol–water partition coefficient (Wildman–Crippen LogP) is 2.20. The van der Waals surface area contributed by atoms with Crippen molar-refractivity contribution in [3.05, 3.63) is 47.8 Å². The standard InChI is InChI=1S/C18H21N3O4/c1-2-24-17(23)18(9-6-10-18)19-16(22)15-11-13(20-21-15)12-25-14-7-4-3-5-8-14/h3-5,7-8,11H,2,6,9-10,12H2,1H3,(H,19,22)(H,20,21). The van der Waals surface area contributed by atoms with Crippen molar-refractivity contribution in [2.24, 2.45) is 0 Å². The highest BCUT2D eigenvalue weighted by Gasteiger charge is 2.47. The first-order valence-corrected chi connectivity index (χ1v) is 8.35. The number of aromatic nitrogens is 2. The summed E-state index contributed by atoms with van der Waals surface area (Å²) in [4.78, 5) is 24.5. The lowest BCUT2D eigenvalue weighted by Gasteiger charge is -2.39. The Hall–Kier alpha value is -2.83. The van der Waals surface area contributed by atoms with Gasteiger partial charge in [0.25, 0.3) is 5.91 Å². The van der Waals surface area contributed by atoms with E-state index >= 15 is 0 Å². The maximum Gasteiger partial charge on any atom is 0.331 e. The van der Waals surface area contributed by atoms with Gasteiger partial charge in [0.2, 0.25) is 0 Å². The number of carbonyl (C=O) groups is 2. The molecule has 2 aromatic rings. The average Bonchev–Trinajstić information content (AvgIpc) is 3.06. The minimum absolute atomic E-state index is 0.224. The summed E-state index contributed by atoms with van der Waals surface area (Å²) >= 11 is 0. The summed E-state index contributed by atoms with van der Waals surface area (Å²) in [5, 5.41) is 9.57. The van der Waals surface area contributed by atoms with Crippen molar-refractivity contribution in [1.82, 2.24) is 15.5 Å². The summed E-state index contributed by atoms with van der Waals surface area (Å²) < 4.78 is 10.7. The SMILES string of the molecule is CCOC(=O)C1(NC(=O)c2cc(COc3ccccc3)[nH]n2)CCC1. The Bertz CT molecular complexity index is 738. The minimum atomic E-state index is -0.910. The first-order chi connectivity index (χ1) is 12.1. The molecule has 1 amide bonds. The average molecular weight is 343 g/mol. The van der Waals surface area contributed by atoms with Gasteiger partial charge in [-0.15, -0.1) is 0 Å². The molecule has 25 heavy (non-hydrogen) atoms. The van der Waals surface area contributed by atoms with Gasteiger partial charge in [-0.2, -0.15) is 5.10 Å². The second-order valence-electron chi connectivity index (χ2n) is 5.99. The second kappa shape index (κ2) is 7.38. The number of rotatable bonds is 7. The zero-order chi connectivity index (χ0) is 17.7. The van der Waals surface area contributed by atoms with E-state index in [-0.39, 0.29) is 18.3 Å². The van der Waals surface area contributed by atoms with Crippen LogP contribution in [0.25, 0.3) is 0 Å². The van der Waals surface area contributed by atoms with Crippen molar-refractivity contribution in [1.29, 1.82) is 0 Å². The molecule has 1 fully saturated rings. The third-order valence-electron chi connectivity index (χ3n) is 4.23. The number of amides is 1. The monoisotopic (exact) mass is 343 g/mol. The number of hydrogen-bond acceptors (Lipinski definition) is 5. The normalized spacial score (nSPS) is 15.1. The fraction of sp³-hybridized carbons (Fsp3) is 0.389. The third-order valence-corrected chi connectivity index (χ3v) is 4.23. The number of esters is 1. The molecule has 1 aliphatic rings. The molecular formula is C18H21N3O4. The van der Waals surface area contributed by atoms with Crippen molar-refractivity contribution in [3.8, 4) is 5.75 Å². The topological polar surface area (TPSA) is 93.3 Å². The van der Waals surface area contributed by atoms with E-state index in [1.54, 1.807) is 13.0 Å². The van der Waals surface area contributed by atoms with Crippen LogP contribution in [-0.4, -0.2) is 34.2 Å². The van der Waals surface area contributed by atoms with Crippen LogP contribution in [0.1, 0.15) is 42.4 Å². The molecule has 132 valence electrons. The van der Waals surface area contributed by atoms with Gasteiger partial charge in [-0.3, -0.25) is 9.89 Å². The Morgan fingerprint density at radius 1 is 1.28 bits per heavy atom. The number of aromatic amines is 1. The zero-order valence-corrected chi connectivity index (χ0v) is 14.1. The maximum atomic E-state index is 12.4. The van der Waals surface area contributed by atoms with Crippen molar-refractivity contribution in [2.45, 2.75) is 38.3 Å². The Morgan fingerprint density at radius 3 is 2.68 bits per heavy atom. The van der Waals surface area contributed by atoms with Crippen LogP contribution in [0.15, 0.2) is 36.4 Å². The lowest BCUT2D eigenvalue weighted by Crippen LogP contribution is -2.59. The number of nitrogens with one attached hydrogen (secondary N) is 2. The molecule has 0 spiro atoms. The first-order valence-electron chi connectivity index (χ1n) is 8.35. The summed E-state index contributed by atoms with van der Waals surface area (Å²) in [7, 11) is 0. The quantitative estimate of drug-likeness (QED) is 0.752. The zero-order valence-electron chi connectivity index (χ0n) is 14.1. The Morgan fingerprint density at radius 2 is 2.04 bits per heavy atom. The second-order valence-corrected chi connectivity index (χ2v) is 5.99. The molecule has 1 heterocycles. The molecule has 1 aromatic carbocycles. The number of benzene rings is 1. The van der Waals surface area contributed by atoms with E-state index in [1.807, 2.05) is 30.3 Å². The van der Waals surface area contributed by atoms with Crippen LogP contribution in [-0.2, 0) is 16.1 Å². The van der Waals surface area contributed by atoms with Crippen molar-refractivity contribution < 1.29 is 19.1 Å². The van der Waals surface area contributed by atoms with Gasteiger partial charge in [0.15, 0.2) is 0 Å². The highest BCUT2D eigenvalue weighted by Crippen LogP contribution is 2.33. The Balaban J connectivity index is 1.59. The number of ether oxygens (including phenoxy) is 2. The van der Waals surface area contributed by atoms with Gasteiger partial charge in [-0.05, 0) is 44.4 Å². The third kappa shape index (κ3) is 3.81. The molecular weight excluding hydrogens is 322 g/mol. The highest BCUT2D eigenvalue weighted by molar-refractivity contribution is 5.97. The molecule has 0 atom stereocenters. The molecule has 0 radical (unpaired) electrons. The molecule has 0 bridgehead atoms. The van der Waals surface area contributed by atoms with E-state index < -0.39 is 11.4 Å². The van der Waals surface area contributed by atoms with Gasteiger partial charge in [-0.25, -0.2) is 4.79 Å². The summed E-state index contributed by atoms with van der Waals surface area (Å²) in [5.41, 5.74) is -0.0118. The van der Waals surface area contributed by atoms with Crippen LogP contribution in [0, 0.1) is 0 Å². The molecule has 0 aliphatic heterocycles. The summed E-state index contributed by atoms with van der Waals surface area (Å²) in [5.74, 6) is -0.0356. The molecule has 7 heteroatoms. The number of nitrogens with zero attached hydrogens (tertiary/aromatic N) is 1. The molecule has 0 unspecified atom stereocenters. The molecule has 1 aromatic heterocycles. The van der Waals surface area contributed by atoms with Gasteiger partial charge in [0.05, 0.1) is 12.3 Å². The number of para-hydroxylation sites is 1. The number of H-pyrrole nitrogens is 1. The molecule has 1 saturated carbocycles. The fourth-order valence-corrected chi connectivity index (χ4v) is 2.69. The van der Waals surface area contributed by atoms with E-state index in [0.29, 0.717) is 25.1 Å². The number of carbonyl (C=O) groups excluding carboxylic acids is 2. The highest BCUT2D eigenvalue weighted by atomic mass is 16.5. The van der Waals surface area contributed by atoms with Gasteiger partial charge in [-0.1, -0.05) is 18.2 Å². The van der Waals surface area contributed by atoms with Gasteiger partial charge in [0.1, 0.15) is 23.6 Å². The first kappa shape index (κ1) is 17.0. The summed E-state index contributed by atoms with van der Waals surface area (Å²) in [6.45, 7) is 2.31. The molecule has 7 nitrogen and oxygen atoms in total. The lowest BCUT2D eigenvalue weighted by molar-refractivity contribution is -0.154. The van der Waals surface area contributed by atoms with Crippen LogP contribution in [0.5, 0.6) is 5.75 Å². The van der Waals surface area contributed by atoms with Crippen LogP contribution < -0.4 is 10.1 Å². The van der Waals surface area contributed by atoms with Gasteiger partial charge < -0.3 is 14.8 Å². The molecule has 1 aliphatic carbocycles. The van der Waals surface area contributed by atoms with Crippen LogP contribution >= 0.6 is 0 Å². The Kier molecular flexibility index (Phi) is 5.02. The van der Waals surface area contributed by atoms with Crippen molar-refractivity contribution in [2.75, 3.05) is 6.61 Å². The van der Waals surface area contributed by atoms with E-state index in [2.05, 4.69) is 15.5 Å². The van der Waals surface area contributed by atoms with E-state index in [0.717, 1.165) is 12.2 Å². The van der Waals surface area contributed by atoms with Crippen LogP contribution in [0.4, 0.5) is 0 Å². The Labute approximate surface area is 145 Å². The van der Waals surface area contributed by atoms with Crippen LogP contribution in [0.3, 0.4) is 0 Å².